The highest BCUT2D eigenvalue weighted by Gasteiger charge is 2.08. The van der Waals surface area contributed by atoms with Crippen LogP contribution in [-0.2, 0) is 6.54 Å². The SMILES string of the molecule is Cc1cc(C)c(CNC(=O)c2ccc(N)cc2)c(C)c1. The summed E-state index contributed by atoms with van der Waals surface area (Å²) < 4.78 is 0. The van der Waals surface area contributed by atoms with E-state index in [4.69, 9.17) is 5.73 Å². The molecule has 0 heterocycles. The monoisotopic (exact) mass is 268 g/mol. The number of anilines is 1. The molecule has 2 aromatic rings. The first kappa shape index (κ1) is 14.1. The van der Waals surface area contributed by atoms with Gasteiger partial charge in [0, 0.05) is 17.8 Å². The van der Waals surface area contributed by atoms with Gasteiger partial charge in [0.25, 0.3) is 5.91 Å². The molecule has 2 rings (SSSR count). The van der Waals surface area contributed by atoms with E-state index in [1.807, 2.05) is 0 Å². The molecule has 0 fully saturated rings. The topological polar surface area (TPSA) is 55.1 Å². The average molecular weight is 268 g/mol. The second-order valence-electron chi connectivity index (χ2n) is 5.18. The second-order valence-corrected chi connectivity index (χ2v) is 5.18. The molecule has 3 nitrogen and oxygen atoms in total. The van der Waals surface area contributed by atoms with Gasteiger partial charge in [-0.3, -0.25) is 4.79 Å². The van der Waals surface area contributed by atoms with Crippen LogP contribution in [0.2, 0.25) is 0 Å². The number of nitrogens with two attached hydrogens (primary N) is 1. The van der Waals surface area contributed by atoms with Crippen molar-refractivity contribution in [3.05, 3.63) is 64.2 Å². The Hall–Kier alpha value is -2.29. The van der Waals surface area contributed by atoms with Crippen LogP contribution in [0.15, 0.2) is 36.4 Å². The molecule has 0 aliphatic heterocycles. The zero-order chi connectivity index (χ0) is 14.7. The molecule has 0 atom stereocenters. The Morgan fingerprint density at radius 2 is 1.60 bits per heavy atom. The van der Waals surface area contributed by atoms with Crippen LogP contribution < -0.4 is 11.1 Å². The molecule has 0 radical (unpaired) electrons. The first-order valence-electron chi connectivity index (χ1n) is 6.68. The van der Waals surface area contributed by atoms with Gasteiger partial charge >= 0.3 is 0 Å². The van der Waals surface area contributed by atoms with Gasteiger partial charge < -0.3 is 11.1 Å². The average Bonchev–Trinajstić information content (AvgIpc) is 2.38. The third kappa shape index (κ3) is 3.18. The number of hydrogen-bond acceptors (Lipinski definition) is 2. The number of aryl methyl sites for hydroxylation is 3. The highest BCUT2D eigenvalue weighted by Crippen LogP contribution is 2.16. The number of benzene rings is 2. The molecule has 20 heavy (non-hydrogen) atoms. The van der Waals surface area contributed by atoms with Crippen LogP contribution in [-0.4, -0.2) is 5.91 Å². The molecule has 3 heteroatoms. The fourth-order valence-corrected chi connectivity index (χ4v) is 2.39. The maximum Gasteiger partial charge on any atom is 0.251 e. The summed E-state index contributed by atoms with van der Waals surface area (Å²) in [5, 5.41) is 2.96. The summed E-state index contributed by atoms with van der Waals surface area (Å²) in [6, 6.07) is 11.2. The summed E-state index contributed by atoms with van der Waals surface area (Å²) in [5.41, 5.74) is 11.7. The molecular formula is C17H20N2O. The van der Waals surface area contributed by atoms with Crippen molar-refractivity contribution in [3.8, 4) is 0 Å². The molecular weight excluding hydrogens is 248 g/mol. The van der Waals surface area contributed by atoms with Crippen LogP contribution in [0.25, 0.3) is 0 Å². The lowest BCUT2D eigenvalue weighted by Crippen LogP contribution is -2.23. The van der Waals surface area contributed by atoms with Crippen LogP contribution in [0.4, 0.5) is 5.69 Å². The Kier molecular flexibility index (Phi) is 4.08. The Balaban J connectivity index is 2.09. The predicted octanol–water partition coefficient (Wildman–Crippen LogP) is 3.12. The van der Waals surface area contributed by atoms with Gasteiger partial charge in [-0.25, -0.2) is 0 Å². The fourth-order valence-electron chi connectivity index (χ4n) is 2.39. The maximum atomic E-state index is 12.1. The molecule has 0 bridgehead atoms. The van der Waals surface area contributed by atoms with E-state index in [-0.39, 0.29) is 5.91 Å². The molecule has 2 aromatic carbocycles. The van der Waals surface area contributed by atoms with E-state index in [1.54, 1.807) is 24.3 Å². The van der Waals surface area contributed by atoms with E-state index in [2.05, 4.69) is 38.2 Å². The standard InChI is InChI=1S/C17H20N2O/c1-11-8-12(2)16(13(3)9-11)10-19-17(20)14-4-6-15(18)7-5-14/h4-9H,10,18H2,1-3H3,(H,19,20). The zero-order valence-corrected chi connectivity index (χ0v) is 12.2. The number of carbonyl (C=O) groups excluding carboxylic acids is 1. The molecule has 0 spiro atoms. The van der Waals surface area contributed by atoms with Gasteiger partial charge in [0.05, 0.1) is 0 Å². The van der Waals surface area contributed by atoms with Crippen LogP contribution in [0.3, 0.4) is 0 Å². The lowest BCUT2D eigenvalue weighted by molar-refractivity contribution is 0.0951. The third-order valence-electron chi connectivity index (χ3n) is 3.44. The molecule has 0 saturated heterocycles. The van der Waals surface area contributed by atoms with Gasteiger partial charge in [-0.1, -0.05) is 17.7 Å². The molecule has 0 aliphatic carbocycles. The van der Waals surface area contributed by atoms with Crippen LogP contribution in [0, 0.1) is 20.8 Å². The predicted molar refractivity (Wildman–Crippen MR) is 82.7 cm³/mol. The first-order valence-corrected chi connectivity index (χ1v) is 6.68. The van der Waals surface area contributed by atoms with Crippen LogP contribution in [0.5, 0.6) is 0 Å². The highest BCUT2D eigenvalue weighted by molar-refractivity contribution is 5.94. The van der Waals surface area contributed by atoms with E-state index >= 15 is 0 Å². The zero-order valence-electron chi connectivity index (χ0n) is 12.2. The van der Waals surface area contributed by atoms with E-state index in [0.29, 0.717) is 17.8 Å². The highest BCUT2D eigenvalue weighted by atomic mass is 16.1. The molecule has 0 aliphatic rings. The molecule has 0 saturated carbocycles. The third-order valence-corrected chi connectivity index (χ3v) is 3.44. The summed E-state index contributed by atoms with van der Waals surface area (Å²) in [6.07, 6.45) is 0. The number of carbonyl (C=O) groups is 1. The van der Waals surface area contributed by atoms with Gasteiger partial charge in [-0.2, -0.15) is 0 Å². The molecule has 0 unspecified atom stereocenters. The maximum absolute atomic E-state index is 12.1. The van der Waals surface area contributed by atoms with E-state index < -0.39 is 0 Å². The van der Waals surface area contributed by atoms with Gasteiger partial charge in [0.1, 0.15) is 0 Å². The quantitative estimate of drug-likeness (QED) is 0.840. The molecule has 104 valence electrons. The number of nitrogen functional groups attached to an aromatic ring is 1. The number of hydrogen-bond donors (Lipinski definition) is 2. The van der Waals surface area contributed by atoms with Crippen molar-refractivity contribution in [2.75, 3.05) is 5.73 Å². The van der Waals surface area contributed by atoms with E-state index in [1.165, 1.54) is 22.3 Å². The Morgan fingerprint density at radius 3 is 2.15 bits per heavy atom. The smallest absolute Gasteiger partial charge is 0.251 e. The van der Waals surface area contributed by atoms with Crippen LogP contribution in [0.1, 0.15) is 32.6 Å². The first-order chi connectivity index (χ1) is 9.47. The normalized spacial score (nSPS) is 10.3. The van der Waals surface area contributed by atoms with Crippen molar-refractivity contribution in [1.29, 1.82) is 0 Å². The summed E-state index contributed by atoms with van der Waals surface area (Å²) >= 11 is 0. The Labute approximate surface area is 119 Å². The number of nitrogens with one attached hydrogen (secondary N) is 1. The van der Waals surface area contributed by atoms with Gasteiger partial charge in [0.2, 0.25) is 0 Å². The van der Waals surface area contributed by atoms with Gasteiger partial charge in [0.15, 0.2) is 0 Å². The minimum absolute atomic E-state index is 0.0793. The van der Waals surface area contributed by atoms with Crippen molar-refractivity contribution in [2.45, 2.75) is 27.3 Å². The summed E-state index contributed by atoms with van der Waals surface area (Å²) in [6.45, 7) is 6.77. The molecule has 0 aromatic heterocycles. The van der Waals surface area contributed by atoms with Crippen molar-refractivity contribution in [1.82, 2.24) is 5.32 Å². The number of amides is 1. The summed E-state index contributed by atoms with van der Waals surface area (Å²) in [4.78, 5) is 12.1. The van der Waals surface area contributed by atoms with E-state index in [9.17, 15) is 4.79 Å². The summed E-state index contributed by atoms with van der Waals surface area (Å²) in [7, 11) is 0. The molecule has 1 amide bonds. The van der Waals surface area contributed by atoms with Crippen molar-refractivity contribution in [3.63, 3.8) is 0 Å². The van der Waals surface area contributed by atoms with E-state index in [0.717, 1.165) is 0 Å². The Bertz CT molecular complexity index is 607. The Morgan fingerprint density at radius 1 is 1.05 bits per heavy atom. The van der Waals surface area contributed by atoms with Crippen molar-refractivity contribution in [2.24, 2.45) is 0 Å². The second kappa shape index (κ2) is 5.78. The summed E-state index contributed by atoms with van der Waals surface area (Å²) in [5.74, 6) is -0.0793. The lowest BCUT2D eigenvalue weighted by Gasteiger charge is -2.12. The molecule has 3 N–H and O–H groups in total. The lowest BCUT2D eigenvalue weighted by atomic mass is 10.00. The minimum atomic E-state index is -0.0793. The van der Waals surface area contributed by atoms with Gasteiger partial charge in [-0.05, 0) is 61.7 Å². The minimum Gasteiger partial charge on any atom is -0.399 e. The largest absolute Gasteiger partial charge is 0.399 e. The number of rotatable bonds is 3. The van der Waals surface area contributed by atoms with Crippen LogP contribution >= 0.6 is 0 Å². The van der Waals surface area contributed by atoms with Crippen molar-refractivity contribution >= 4 is 11.6 Å². The van der Waals surface area contributed by atoms with Gasteiger partial charge in [-0.15, -0.1) is 0 Å². The fraction of sp³-hybridized carbons (Fsp3) is 0.235. The van der Waals surface area contributed by atoms with Crippen molar-refractivity contribution < 1.29 is 4.79 Å².